The normalized spacial score (nSPS) is 25.1. The van der Waals surface area contributed by atoms with Gasteiger partial charge in [-0.2, -0.15) is 0 Å². The van der Waals surface area contributed by atoms with E-state index in [1.165, 1.54) is 0 Å². The van der Waals surface area contributed by atoms with Crippen molar-refractivity contribution < 1.29 is 9.59 Å². The average molecular weight is 285 g/mol. The van der Waals surface area contributed by atoms with Crippen LogP contribution in [-0.4, -0.2) is 45.7 Å². The molecule has 0 unspecified atom stereocenters. The summed E-state index contributed by atoms with van der Waals surface area (Å²) in [5.74, 6) is 0.159. The molecule has 1 aliphatic carbocycles. The molecular formula is C16H19N3O2. The van der Waals surface area contributed by atoms with E-state index >= 15 is 0 Å². The lowest BCUT2D eigenvalue weighted by atomic mass is 10.0. The maximum atomic E-state index is 12.7. The molecular weight excluding hydrogens is 266 g/mol. The average Bonchev–Trinajstić information content (AvgIpc) is 3.28. The van der Waals surface area contributed by atoms with E-state index in [0.717, 1.165) is 37.1 Å². The Morgan fingerprint density at radius 2 is 2.19 bits per heavy atom. The van der Waals surface area contributed by atoms with E-state index in [9.17, 15) is 9.59 Å². The highest BCUT2D eigenvalue weighted by atomic mass is 16.2. The number of nitrogens with zero attached hydrogens (tertiary/aromatic N) is 3. The van der Waals surface area contributed by atoms with Gasteiger partial charge in [-0.05, 0) is 24.5 Å². The number of amides is 2. The quantitative estimate of drug-likeness (QED) is 0.814. The number of likely N-dealkylation sites (tertiary alicyclic amines) is 1. The molecule has 1 atom stereocenters. The molecule has 0 N–H and O–H groups in total. The first kappa shape index (κ1) is 12.8. The SMILES string of the molecule is O=C([C@H]1CC(=O)N(C2CC2)C1)N1CCc2ncccc2C1. The molecule has 2 amide bonds. The second-order valence-corrected chi connectivity index (χ2v) is 6.30. The van der Waals surface area contributed by atoms with Crippen molar-refractivity contribution in [1.82, 2.24) is 14.8 Å². The van der Waals surface area contributed by atoms with E-state index in [-0.39, 0.29) is 17.7 Å². The smallest absolute Gasteiger partial charge is 0.228 e. The highest BCUT2D eigenvalue weighted by Gasteiger charge is 2.43. The van der Waals surface area contributed by atoms with Crippen LogP contribution >= 0.6 is 0 Å². The Morgan fingerprint density at radius 3 is 3.00 bits per heavy atom. The molecule has 1 aromatic heterocycles. The molecule has 0 bridgehead atoms. The summed E-state index contributed by atoms with van der Waals surface area (Å²) in [5, 5.41) is 0. The first-order valence-corrected chi connectivity index (χ1v) is 7.73. The molecule has 5 heteroatoms. The zero-order valence-corrected chi connectivity index (χ0v) is 12.0. The summed E-state index contributed by atoms with van der Waals surface area (Å²) in [6, 6.07) is 4.38. The van der Waals surface area contributed by atoms with Crippen molar-refractivity contribution in [2.75, 3.05) is 13.1 Å². The van der Waals surface area contributed by atoms with E-state index in [1.54, 1.807) is 6.20 Å². The van der Waals surface area contributed by atoms with Gasteiger partial charge in [-0.15, -0.1) is 0 Å². The van der Waals surface area contributed by atoms with Crippen molar-refractivity contribution in [2.45, 2.75) is 38.3 Å². The van der Waals surface area contributed by atoms with E-state index in [2.05, 4.69) is 4.98 Å². The van der Waals surface area contributed by atoms with E-state index in [0.29, 0.717) is 25.6 Å². The standard InChI is InChI=1S/C16H19N3O2/c20-15-8-12(10-19(15)13-3-4-13)16(21)18-7-5-14-11(9-18)2-1-6-17-14/h1-2,6,12-13H,3-5,7-10H2/t12-/m0/s1. The molecule has 2 aliphatic heterocycles. The minimum absolute atomic E-state index is 0.140. The van der Waals surface area contributed by atoms with Gasteiger partial charge >= 0.3 is 0 Å². The first-order valence-electron chi connectivity index (χ1n) is 7.73. The maximum absolute atomic E-state index is 12.7. The van der Waals surface area contributed by atoms with Gasteiger partial charge in [-0.25, -0.2) is 0 Å². The number of pyridine rings is 1. The number of fused-ring (bicyclic) bond motifs is 1. The number of hydrogen-bond acceptors (Lipinski definition) is 3. The lowest BCUT2D eigenvalue weighted by Crippen LogP contribution is -2.41. The molecule has 3 aliphatic rings. The lowest BCUT2D eigenvalue weighted by molar-refractivity contribution is -0.136. The fraction of sp³-hybridized carbons (Fsp3) is 0.562. The van der Waals surface area contributed by atoms with Gasteiger partial charge in [0.25, 0.3) is 0 Å². The van der Waals surface area contributed by atoms with Gasteiger partial charge in [0.2, 0.25) is 11.8 Å². The van der Waals surface area contributed by atoms with Gasteiger partial charge in [0.15, 0.2) is 0 Å². The van der Waals surface area contributed by atoms with Gasteiger partial charge in [-0.3, -0.25) is 14.6 Å². The summed E-state index contributed by atoms with van der Waals surface area (Å²) in [7, 11) is 0. The summed E-state index contributed by atoms with van der Waals surface area (Å²) < 4.78 is 0. The van der Waals surface area contributed by atoms with Crippen molar-refractivity contribution in [2.24, 2.45) is 5.92 Å². The summed E-state index contributed by atoms with van der Waals surface area (Å²) >= 11 is 0. The third kappa shape index (κ3) is 2.30. The van der Waals surface area contributed by atoms with Gasteiger partial charge in [-0.1, -0.05) is 6.07 Å². The van der Waals surface area contributed by atoms with Crippen LogP contribution in [0.15, 0.2) is 18.3 Å². The van der Waals surface area contributed by atoms with Crippen LogP contribution in [0.1, 0.15) is 30.5 Å². The summed E-state index contributed by atoms with van der Waals surface area (Å²) in [6.45, 7) is 1.98. The summed E-state index contributed by atoms with van der Waals surface area (Å²) in [5.41, 5.74) is 2.24. The fourth-order valence-corrected chi connectivity index (χ4v) is 3.45. The van der Waals surface area contributed by atoms with Gasteiger partial charge in [0.05, 0.1) is 5.92 Å². The number of aromatic nitrogens is 1. The molecule has 2 fully saturated rings. The Balaban J connectivity index is 1.45. The van der Waals surface area contributed by atoms with Crippen LogP contribution in [0.5, 0.6) is 0 Å². The van der Waals surface area contributed by atoms with Crippen LogP contribution in [0.25, 0.3) is 0 Å². The van der Waals surface area contributed by atoms with Gasteiger partial charge in [0.1, 0.15) is 0 Å². The molecule has 0 spiro atoms. The fourth-order valence-electron chi connectivity index (χ4n) is 3.45. The molecule has 1 saturated heterocycles. The highest BCUT2D eigenvalue weighted by molar-refractivity contribution is 5.89. The summed E-state index contributed by atoms with van der Waals surface area (Å²) in [6.07, 6.45) is 5.23. The zero-order valence-electron chi connectivity index (χ0n) is 12.0. The Labute approximate surface area is 123 Å². The minimum atomic E-state index is -0.142. The van der Waals surface area contributed by atoms with Gasteiger partial charge < -0.3 is 9.80 Å². The molecule has 21 heavy (non-hydrogen) atoms. The van der Waals surface area contributed by atoms with Crippen molar-refractivity contribution in [1.29, 1.82) is 0 Å². The molecule has 3 heterocycles. The molecule has 0 radical (unpaired) electrons. The first-order chi connectivity index (χ1) is 10.2. The Hall–Kier alpha value is -1.91. The van der Waals surface area contributed by atoms with Crippen LogP contribution in [-0.2, 0) is 22.6 Å². The van der Waals surface area contributed by atoms with Crippen molar-refractivity contribution >= 4 is 11.8 Å². The second-order valence-electron chi connectivity index (χ2n) is 6.30. The third-order valence-electron chi connectivity index (χ3n) is 4.77. The molecule has 1 saturated carbocycles. The highest BCUT2D eigenvalue weighted by Crippen LogP contribution is 2.33. The van der Waals surface area contributed by atoms with Crippen LogP contribution in [0.2, 0.25) is 0 Å². The number of carbonyl (C=O) groups excluding carboxylic acids is 2. The van der Waals surface area contributed by atoms with E-state index in [4.69, 9.17) is 0 Å². The van der Waals surface area contributed by atoms with Crippen molar-refractivity contribution in [3.8, 4) is 0 Å². The maximum Gasteiger partial charge on any atom is 0.228 e. The third-order valence-corrected chi connectivity index (χ3v) is 4.77. The van der Waals surface area contributed by atoms with E-state index < -0.39 is 0 Å². The molecule has 4 rings (SSSR count). The van der Waals surface area contributed by atoms with Gasteiger partial charge in [0, 0.05) is 50.4 Å². The zero-order chi connectivity index (χ0) is 14.4. The molecule has 110 valence electrons. The Morgan fingerprint density at radius 1 is 1.33 bits per heavy atom. The van der Waals surface area contributed by atoms with Crippen LogP contribution < -0.4 is 0 Å². The minimum Gasteiger partial charge on any atom is -0.339 e. The predicted octanol–water partition coefficient (Wildman–Crippen LogP) is 0.977. The monoisotopic (exact) mass is 285 g/mol. The summed E-state index contributed by atoms with van der Waals surface area (Å²) in [4.78, 5) is 32.9. The van der Waals surface area contributed by atoms with Crippen LogP contribution in [0, 0.1) is 5.92 Å². The Bertz CT molecular complexity index is 597. The number of rotatable bonds is 2. The molecule has 5 nitrogen and oxygen atoms in total. The Kier molecular flexibility index (Phi) is 2.94. The molecule has 0 aromatic carbocycles. The number of carbonyl (C=O) groups is 2. The largest absolute Gasteiger partial charge is 0.339 e. The molecule has 1 aromatic rings. The second kappa shape index (κ2) is 4.83. The van der Waals surface area contributed by atoms with Crippen molar-refractivity contribution in [3.05, 3.63) is 29.6 Å². The van der Waals surface area contributed by atoms with Crippen molar-refractivity contribution in [3.63, 3.8) is 0 Å². The lowest BCUT2D eigenvalue weighted by Gasteiger charge is -2.30. The van der Waals surface area contributed by atoms with Crippen LogP contribution in [0.3, 0.4) is 0 Å². The topological polar surface area (TPSA) is 53.5 Å². The van der Waals surface area contributed by atoms with Crippen LogP contribution in [0.4, 0.5) is 0 Å². The predicted molar refractivity (Wildman–Crippen MR) is 76.2 cm³/mol. The van der Waals surface area contributed by atoms with E-state index in [1.807, 2.05) is 21.9 Å². The number of hydrogen-bond donors (Lipinski definition) is 0.